The van der Waals surface area contributed by atoms with Gasteiger partial charge in [0.25, 0.3) is 11.8 Å². The van der Waals surface area contributed by atoms with Crippen molar-refractivity contribution >= 4 is 33.9 Å². The van der Waals surface area contributed by atoms with Gasteiger partial charge in [0.05, 0.1) is 16.7 Å². The van der Waals surface area contributed by atoms with Crippen molar-refractivity contribution in [2.24, 2.45) is 0 Å². The molecule has 1 fully saturated rings. The minimum atomic E-state index is -0.382. The Bertz CT molecular complexity index is 1220. The summed E-state index contributed by atoms with van der Waals surface area (Å²) in [6, 6.07) is 15.0. The number of aromatic nitrogens is 3. The van der Waals surface area contributed by atoms with Gasteiger partial charge in [0, 0.05) is 23.8 Å². The number of nitrogens with one attached hydrogen (secondary N) is 2. The van der Waals surface area contributed by atoms with Gasteiger partial charge < -0.3 is 10.6 Å². The smallest absolute Gasteiger partial charge is 0.287 e. The molecule has 7 nitrogen and oxygen atoms in total. The molecular formula is C21H17N5O2. The van der Waals surface area contributed by atoms with Crippen LogP contribution in [0.3, 0.4) is 0 Å². The Kier molecular flexibility index (Phi) is 3.79. The standard InChI is InChI=1S/C21H17N5O2/c27-20(24-15-7-3-5-13-6-4-11-22-17(13)15)18-16-8-1-2-12-26(16)19(25-18)21(28)23-14-9-10-14/h1-8,11-12,14H,9-10H2,(H,23,28)(H,24,27). The highest BCUT2D eigenvalue weighted by Gasteiger charge is 2.27. The van der Waals surface area contributed by atoms with Crippen molar-refractivity contribution in [3.8, 4) is 0 Å². The zero-order valence-electron chi connectivity index (χ0n) is 14.9. The second-order valence-electron chi connectivity index (χ2n) is 6.82. The van der Waals surface area contributed by atoms with E-state index in [2.05, 4.69) is 20.6 Å². The van der Waals surface area contributed by atoms with Gasteiger partial charge in [-0.25, -0.2) is 4.98 Å². The molecule has 3 heterocycles. The fourth-order valence-corrected chi connectivity index (χ4v) is 3.23. The van der Waals surface area contributed by atoms with Gasteiger partial charge in [0.1, 0.15) is 0 Å². The molecule has 1 saturated carbocycles. The Morgan fingerprint density at radius 2 is 1.86 bits per heavy atom. The molecule has 0 saturated heterocycles. The maximum Gasteiger partial charge on any atom is 0.287 e. The Hall–Kier alpha value is -3.74. The summed E-state index contributed by atoms with van der Waals surface area (Å²) in [7, 11) is 0. The number of pyridine rings is 2. The summed E-state index contributed by atoms with van der Waals surface area (Å²) in [5, 5.41) is 6.74. The molecule has 1 aromatic carbocycles. The number of anilines is 1. The number of fused-ring (bicyclic) bond motifs is 2. The molecule has 2 amide bonds. The predicted molar refractivity (Wildman–Crippen MR) is 105 cm³/mol. The molecule has 0 aliphatic heterocycles. The normalized spacial score (nSPS) is 13.6. The van der Waals surface area contributed by atoms with E-state index in [0.29, 0.717) is 16.7 Å². The van der Waals surface area contributed by atoms with E-state index in [-0.39, 0.29) is 29.4 Å². The molecule has 0 spiro atoms. The van der Waals surface area contributed by atoms with Gasteiger partial charge in [0.15, 0.2) is 5.69 Å². The molecule has 138 valence electrons. The number of carbonyl (C=O) groups is 2. The van der Waals surface area contributed by atoms with Crippen molar-refractivity contribution in [2.45, 2.75) is 18.9 Å². The number of rotatable bonds is 4. The Balaban J connectivity index is 1.53. The first-order valence-electron chi connectivity index (χ1n) is 9.14. The monoisotopic (exact) mass is 371 g/mol. The predicted octanol–water partition coefficient (Wildman–Crippen LogP) is 3.03. The summed E-state index contributed by atoms with van der Waals surface area (Å²) < 4.78 is 1.65. The van der Waals surface area contributed by atoms with Gasteiger partial charge in [-0.3, -0.25) is 19.0 Å². The molecular weight excluding hydrogens is 354 g/mol. The first-order valence-corrected chi connectivity index (χ1v) is 9.14. The number of hydrogen-bond acceptors (Lipinski definition) is 4. The van der Waals surface area contributed by atoms with Crippen LogP contribution in [-0.4, -0.2) is 32.2 Å². The highest BCUT2D eigenvalue weighted by Crippen LogP contribution is 2.23. The van der Waals surface area contributed by atoms with Crippen molar-refractivity contribution in [3.63, 3.8) is 0 Å². The van der Waals surface area contributed by atoms with Crippen LogP contribution in [0.5, 0.6) is 0 Å². The lowest BCUT2D eigenvalue weighted by Gasteiger charge is -2.06. The van der Waals surface area contributed by atoms with E-state index < -0.39 is 0 Å². The Morgan fingerprint density at radius 1 is 1.00 bits per heavy atom. The quantitative estimate of drug-likeness (QED) is 0.577. The van der Waals surface area contributed by atoms with Gasteiger partial charge in [0.2, 0.25) is 5.82 Å². The highest BCUT2D eigenvalue weighted by atomic mass is 16.2. The maximum absolute atomic E-state index is 13.0. The second-order valence-corrected chi connectivity index (χ2v) is 6.82. The van der Waals surface area contributed by atoms with Crippen molar-refractivity contribution in [2.75, 3.05) is 5.32 Å². The molecule has 0 unspecified atom stereocenters. The fraction of sp³-hybridized carbons (Fsp3) is 0.143. The molecule has 0 atom stereocenters. The lowest BCUT2D eigenvalue weighted by Crippen LogP contribution is -2.27. The third-order valence-corrected chi connectivity index (χ3v) is 4.76. The molecule has 2 N–H and O–H groups in total. The number of benzene rings is 1. The first kappa shape index (κ1) is 16.4. The number of amides is 2. The molecule has 0 bridgehead atoms. The largest absolute Gasteiger partial charge is 0.347 e. The number of para-hydroxylation sites is 1. The number of imidazole rings is 1. The summed E-state index contributed by atoms with van der Waals surface area (Å²) in [6.45, 7) is 0. The summed E-state index contributed by atoms with van der Waals surface area (Å²) in [4.78, 5) is 34.3. The van der Waals surface area contributed by atoms with Crippen molar-refractivity contribution in [3.05, 3.63) is 72.4 Å². The number of hydrogen-bond donors (Lipinski definition) is 2. The van der Waals surface area contributed by atoms with Crippen molar-refractivity contribution in [1.29, 1.82) is 0 Å². The average Bonchev–Trinajstić information content (AvgIpc) is 3.44. The summed E-state index contributed by atoms with van der Waals surface area (Å²) in [5.41, 5.74) is 2.08. The van der Waals surface area contributed by atoms with Gasteiger partial charge in [-0.1, -0.05) is 24.3 Å². The van der Waals surface area contributed by atoms with E-state index in [1.807, 2.05) is 30.3 Å². The van der Waals surface area contributed by atoms with Crippen LogP contribution in [-0.2, 0) is 0 Å². The van der Waals surface area contributed by atoms with E-state index in [0.717, 1.165) is 18.2 Å². The summed E-state index contributed by atoms with van der Waals surface area (Å²) in [6.07, 6.45) is 5.39. The fourth-order valence-electron chi connectivity index (χ4n) is 3.23. The van der Waals surface area contributed by atoms with E-state index in [9.17, 15) is 9.59 Å². The highest BCUT2D eigenvalue weighted by molar-refractivity contribution is 6.11. The van der Waals surface area contributed by atoms with E-state index >= 15 is 0 Å². The minimum Gasteiger partial charge on any atom is -0.347 e. The number of carbonyl (C=O) groups excluding carboxylic acids is 2. The maximum atomic E-state index is 13.0. The molecule has 4 aromatic rings. The third-order valence-electron chi connectivity index (χ3n) is 4.76. The molecule has 1 aliphatic carbocycles. The van der Waals surface area contributed by atoms with Crippen LogP contribution in [0.1, 0.15) is 33.9 Å². The van der Waals surface area contributed by atoms with Crippen LogP contribution < -0.4 is 10.6 Å². The Labute approximate surface area is 160 Å². The van der Waals surface area contributed by atoms with Crippen LogP contribution in [0.2, 0.25) is 0 Å². The molecule has 3 aromatic heterocycles. The topological polar surface area (TPSA) is 88.4 Å². The summed E-state index contributed by atoms with van der Waals surface area (Å²) in [5.74, 6) is -0.439. The van der Waals surface area contributed by atoms with Gasteiger partial charge >= 0.3 is 0 Å². The van der Waals surface area contributed by atoms with Crippen LogP contribution >= 0.6 is 0 Å². The molecule has 1 aliphatic rings. The zero-order valence-corrected chi connectivity index (χ0v) is 14.9. The van der Waals surface area contributed by atoms with Crippen LogP contribution in [0.4, 0.5) is 5.69 Å². The van der Waals surface area contributed by atoms with Gasteiger partial charge in [-0.05, 0) is 37.1 Å². The minimum absolute atomic E-state index is 0.203. The molecule has 28 heavy (non-hydrogen) atoms. The zero-order chi connectivity index (χ0) is 19.1. The number of nitrogens with zero attached hydrogens (tertiary/aromatic N) is 3. The second kappa shape index (κ2) is 6.45. The molecule has 5 rings (SSSR count). The lowest BCUT2D eigenvalue weighted by atomic mass is 10.2. The average molecular weight is 371 g/mol. The van der Waals surface area contributed by atoms with Gasteiger partial charge in [-0.15, -0.1) is 0 Å². The third kappa shape index (κ3) is 2.87. The van der Waals surface area contributed by atoms with E-state index in [1.54, 1.807) is 35.0 Å². The van der Waals surface area contributed by atoms with Crippen LogP contribution in [0, 0.1) is 0 Å². The molecule has 0 radical (unpaired) electrons. The van der Waals surface area contributed by atoms with Crippen molar-refractivity contribution in [1.82, 2.24) is 19.7 Å². The van der Waals surface area contributed by atoms with Gasteiger partial charge in [-0.2, -0.15) is 0 Å². The van der Waals surface area contributed by atoms with Crippen molar-refractivity contribution < 1.29 is 9.59 Å². The summed E-state index contributed by atoms with van der Waals surface area (Å²) >= 11 is 0. The Morgan fingerprint density at radius 3 is 2.71 bits per heavy atom. The SMILES string of the molecule is O=C(Nc1cccc2cccnc12)c1nc(C(=O)NC2CC2)n2ccccc12. The first-order chi connectivity index (χ1) is 13.7. The van der Waals surface area contributed by atoms with Crippen LogP contribution in [0.25, 0.3) is 16.4 Å². The lowest BCUT2D eigenvalue weighted by molar-refractivity contribution is 0.0940. The van der Waals surface area contributed by atoms with E-state index in [4.69, 9.17) is 0 Å². The van der Waals surface area contributed by atoms with Crippen LogP contribution in [0.15, 0.2) is 60.9 Å². The molecule has 7 heteroatoms. The van der Waals surface area contributed by atoms with E-state index in [1.165, 1.54) is 0 Å².